The van der Waals surface area contributed by atoms with E-state index in [-0.39, 0.29) is 12.5 Å². The van der Waals surface area contributed by atoms with Gasteiger partial charge in [-0.1, -0.05) is 23.4 Å². The first-order valence-corrected chi connectivity index (χ1v) is 8.29. The molecule has 27 heavy (non-hydrogen) atoms. The van der Waals surface area contributed by atoms with Crippen LogP contribution in [-0.4, -0.2) is 36.3 Å². The van der Waals surface area contributed by atoms with Gasteiger partial charge in [0.1, 0.15) is 11.5 Å². The Morgan fingerprint density at radius 2 is 2.00 bits per heavy atom. The zero-order chi connectivity index (χ0) is 19.1. The fourth-order valence-electron chi connectivity index (χ4n) is 2.34. The third kappa shape index (κ3) is 4.52. The Hall–Kier alpha value is -3.61. The van der Waals surface area contributed by atoms with Crippen LogP contribution in [-0.2, 0) is 4.79 Å². The Labute approximate surface area is 156 Å². The first kappa shape index (κ1) is 18.2. The maximum atomic E-state index is 11.7. The molecule has 0 aliphatic rings. The van der Waals surface area contributed by atoms with Crippen LogP contribution in [0.25, 0.3) is 22.8 Å². The number of para-hydroxylation sites is 1. The summed E-state index contributed by atoms with van der Waals surface area (Å²) >= 11 is 0. The minimum absolute atomic E-state index is 0.117. The normalized spacial score (nSPS) is 10.3. The van der Waals surface area contributed by atoms with Crippen molar-refractivity contribution in [3.63, 3.8) is 0 Å². The van der Waals surface area contributed by atoms with Gasteiger partial charge in [-0.05, 0) is 36.4 Å². The fraction of sp³-hybridized carbons (Fsp3) is 0.150. The van der Waals surface area contributed by atoms with E-state index in [9.17, 15) is 4.79 Å². The molecule has 1 aromatic heterocycles. The number of nitrogens with one attached hydrogen (secondary N) is 1. The Morgan fingerprint density at radius 3 is 2.74 bits per heavy atom. The van der Waals surface area contributed by atoms with Crippen molar-refractivity contribution < 1.29 is 18.8 Å². The summed E-state index contributed by atoms with van der Waals surface area (Å²) in [6.07, 6.45) is 1.60. The van der Waals surface area contributed by atoms with Crippen molar-refractivity contribution >= 4 is 5.91 Å². The van der Waals surface area contributed by atoms with Crippen LogP contribution in [0.4, 0.5) is 0 Å². The molecule has 0 saturated heterocycles. The summed E-state index contributed by atoms with van der Waals surface area (Å²) in [5, 5.41) is 6.69. The highest BCUT2D eigenvalue weighted by Crippen LogP contribution is 2.30. The van der Waals surface area contributed by atoms with Gasteiger partial charge in [0.2, 0.25) is 5.82 Å². The molecule has 1 heterocycles. The second kappa shape index (κ2) is 8.66. The quantitative estimate of drug-likeness (QED) is 0.617. The van der Waals surface area contributed by atoms with Crippen molar-refractivity contribution in [3.05, 3.63) is 61.2 Å². The Bertz CT molecular complexity index is 919. The van der Waals surface area contributed by atoms with Crippen LogP contribution in [0.5, 0.6) is 11.5 Å². The fourth-order valence-corrected chi connectivity index (χ4v) is 2.34. The second-order valence-corrected chi connectivity index (χ2v) is 5.53. The van der Waals surface area contributed by atoms with Crippen LogP contribution in [0, 0.1) is 0 Å². The van der Waals surface area contributed by atoms with Crippen molar-refractivity contribution in [2.24, 2.45) is 0 Å². The molecule has 0 spiro atoms. The first-order chi connectivity index (χ1) is 13.2. The van der Waals surface area contributed by atoms with Gasteiger partial charge in [0.25, 0.3) is 11.8 Å². The van der Waals surface area contributed by atoms with E-state index >= 15 is 0 Å². The molecular formula is C20H19N3O4. The molecule has 3 aromatic rings. The van der Waals surface area contributed by atoms with Crippen molar-refractivity contribution in [1.82, 2.24) is 15.5 Å². The van der Waals surface area contributed by atoms with Gasteiger partial charge in [-0.3, -0.25) is 4.79 Å². The van der Waals surface area contributed by atoms with Crippen LogP contribution in [0.3, 0.4) is 0 Å². The van der Waals surface area contributed by atoms with Crippen molar-refractivity contribution in [3.8, 4) is 34.3 Å². The van der Waals surface area contributed by atoms with E-state index in [2.05, 4.69) is 22.0 Å². The van der Waals surface area contributed by atoms with E-state index in [1.165, 1.54) is 0 Å². The van der Waals surface area contributed by atoms with Gasteiger partial charge in [0.05, 0.1) is 12.7 Å². The van der Waals surface area contributed by atoms with E-state index < -0.39 is 0 Å². The summed E-state index contributed by atoms with van der Waals surface area (Å²) in [4.78, 5) is 16.2. The maximum absolute atomic E-state index is 11.7. The van der Waals surface area contributed by atoms with Gasteiger partial charge in [-0.15, -0.1) is 6.58 Å². The molecule has 0 aliphatic heterocycles. The minimum Gasteiger partial charge on any atom is -0.497 e. The molecule has 1 amide bonds. The summed E-state index contributed by atoms with van der Waals surface area (Å²) in [7, 11) is 1.61. The molecule has 0 unspecified atom stereocenters. The number of benzene rings is 2. The van der Waals surface area contributed by atoms with Crippen molar-refractivity contribution in [2.45, 2.75) is 0 Å². The molecule has 3 rings (SSSR count). The van der Waals surface area contributed by atoms with Crippen LogP contribution in [0.2, 0.25) is 0 Å². The highest BCUT2D eigenvalue weighted by molar-refractivity contribution is 5.78. The van der Waals surface area contributed by atoms with Crippen LogP contribution >= 0.6 is 0 Å². The van der Waals surface area contributed by atoms with Gasteiger partial charge in [-0.2, -0.15) is 4.98 Å². The standard InChI is InChI=1S/C20H19N3O4/c1-3-12-21-18(24)13-26-17-7-5-4-6-16(17)19-22-20(27-23-19)14-8-10-15(25-2)11-9-14/h3-11H,1,12-13H2,2H3,(H,21,24). The van der Waals surface area contributed by atoms with Gasteiger partial charge in [0.15, 0.2) is 6.61 Å². The number of aromatic nitrogens is 2. The van der Waals surface area contributed by atoms with Crippen LogP contribution in [0.15, 0.2) is 65.7 Å². The lowest BCUT2D eigenvalue weighted by atomic mass is 10.2. The lowest BCUT2D eigenvalue weighted by Gasteiger charge is -2.08. The number of hydrogen-bond acceptors (Lipinski definition) is 6. The highest BCUT2D eigenvalue weighted by atomic mass is 16.5. The van der Waals surface area contributed by atoms with Gasteiger partial charge in [-0.25, -0.2) is 0 Å². The Kier molecular flexibility index (Phi) is 5.84. The number of methoxy groups -OCH3 is 1. The topological polar surface area (TPSA) is 86.5 Å². The lowest BCUT2D eigenvalue weighted by Crippen LogP contribution is -2.28. The smallest absolute Gasteiger partial charge is 0.258 e. The molecule has 0 bridgehead atoms. The summed E-state index contributed by atoms with van der Waals surface area (Å²) in [5.41, 5.74) is 1.41. The molecule has 7 nitrogen and oxygen atoms in total. The minimum atomic E-state index is -0.239. The molecule has 0 saturated carbocycles. The largest absolute Gasteiger partial charge is 0.497 e. The zero-order valence-corrected chi connectivity index (χ0v) is 14.8. The number of ether oxygens (including phenoxy) is 2. The van der Waals surface area contributed by atoms with Crippen LogP contribution < -0.4 is 14.8 Å². The predicted octanol–water partition coefficient (Wildman–Crippen LogP) is 3.09. The van der Waals surface area contributed by atoms with Gasteiger partial charge < -0.3 is 19.3 Å². The molecule has 0 radical (unpaired) electrons. The van der Waals surface area contributed by atoms with Crippen LogP contribution in [0.1, 0.15) is 0 Å². The summed E-state index contributed by atoms with van der Waals surface area (Å²) in [6.45, 7) is 3.82. The summed E-state index contributed by atoms with van der Waals surface area (Å²) in [5.74, 6) is 1.76. The highest BCUT2D eigenvalue weighted by Gasteiger charge is 2.15. The van der Waals surface area contributed by atoms with E-state index in [1.54, 1.807) is 25.3 Å². The number of amides is 1. The van der Waals surface area contributed by atoms with Crippen molar-refractivity contribution in [2.75, 3.05) is 20.3 Å². The van der Waals surface area contributed by atoms with Gasteiger partial charge in [0, 0.05) is 12.1 Å². The Balaban J connectivity index is 1.77. The monoisotopic (exact) mass is 365 g/mol. The summed E-state index contributed by atoms with van der Waals surface area (Å²) in [6, 6.07) is 14.5. The van der Waals surface area contributed by atoms with E-state index in [1.807, 2.05) is 36.4 Å². The average molecular weight is 365 g/mol. The molecule has 0 atom stereocenters. The SMILES string of the molecule is C=CCNC(=O)COc1ccccc1-c1noc(-c2ccc(OC)cc2)n1. The zero-order valence-electron chi connectivity index (χ0n) is 14.8. The number of carbonyl (C=O) groups is 1. The molecule has 138 valence electrons. The molecule has 7 heteroatoms. The number of hydrogen-bond donors (Lipinski definition) is 1. The summed E-state index contributed by atoms with van der Waals surface area (Å²) < 4.78 is 16.1. The molecule has 0 fully saturated rings. The number of rotatable bonds is 8. The lowest BCUT2D eigenvalue weighted by molar-refractivity contribution is -0.122. The number of carbonyl (C=O) groups excluding carboxylic acids is 1. The molecule has 1 N–H and O–H groups in total. The third-order valence-electron chi connectivity index (χ3n) is 3.69. The number of nitrogens with zero attached hydrogens (tertiary/aromatic N) is 2. The second-order valence-electron chi connectivity index (χ2n) is 5.53. The Morgan fingerprint density at radius 1 is 1.22 bits per heavy atom. The predicted molar refractivity (Wildman–Crippen MR) is 100 cm³/mol. The maximum Gasteiger partial charge on any atom is 0.258 e. The average Bonchev–Trinajstić information content (AvgIpc) is 3.21. The first-order valence-electron chi connectivity index (χ1n) is 8.29. The van der Waals surface area contributed by atoms with Crippen molar-refractivity contribution in [1.29, 1.82) is 0 Å². The molecule has 0 aliphatic carbocycles. The van der Waals surface area contributed by atoms with E-state index in [0.717, 1.165) is 11.3 Å². The third-order valence-corrected chi connectivity index (χ3v) is 3.69. The molecular weight excluding hydrogens is 346 g/mol. The van der Waals surface area contributed by atoms with E-state index in [4.69, 9.17) is 14.0 Å². The molecule has 2 aromatic carbocycles. The van der Waals surface area contributed by atoms with E-state index in [0.29, 0.717) is 29.6 Å². The van der Waals surface area contributed by atoms with Gasteiger partial charge >= 0.3 is 0 Å².